The van der Waals surface area contributed by atoms with Gasteiger partial charge in [-0.05, 0) is 36.6 Å². The molecule has 0 heterocycles. The molecule has 1 aliphatic carbocycles. The van der Waals surface area contributed by atoms with Gasteiger partial charge in [0.05, 0.1) is 16.3 Å². The van der Waals surface area contributed by atoms with Gasteiger partial charge in [0.1, 0.15) is 0 Å². The van der Waals surface area contributed by atoms with Gasteiger partial charge in [-0.1, -0.05) is 78.4 Å². The fourth-order valence-electron chi connectivity index (χ4n) is 3.87. The summed E-state index contributed by atoms with van der Waals surface area (Å²) in [6, 6.07) is 27.1. The van der Waals surface area contributed by atoms with Crippen molar-refractivity contribution in [3.63, 3.8) is 0 Å². The number of aryl methyl sites for hydroxylation is 1. The van der Waals surface area contributed by atoms with E-state index in [2.05, 4.69) is 9.71 Å². The quantitative estimate of drug-likeness (QED) is 0.442. The van der Waals surface area contributed by atoms with Crippen molar-refractivity contribution in [1.82, 2.24) is 0 Å². The van der Waals surface area contributed by atoms with Crippen LogP contribution in [0.5, 0.6) is 0 Å². The van der Waals surface area contributed by atoms with Gasteiger partial charge in [0.25, 0.3) is 10.0 Å². The maximum absolute atomic E-state index is 13.2. The Balaban J connectivity index is 1.63. The average Bonchev–Trinajstić information content (AvgIpc) is 2.82. The van der Waals surface area contributed by atoms with E-state index in [0.717, 1.165) is 22.0 Å². The van der Waals surface area contributed by atoms with E-state index in [1.54, 1.807) is 36.4 Å². The van der Waals surface area contributed by atoms with Crippen LogP contribution in [0.25, 0.3) is 10.8 Å². The first-order chi connectivity index (χ1) is 15.9. The molecule has 1 N–H and O–H groups in total. The van der Waals surface area contributed by atoms with E-state index < -0.39 is 10.0 Å². The number of hydrogen-bond acceptors (Lipinski definition) is 4. The number of sulfonamides is 1. The predicted octanol–water partition coefficient (Wildman–Crippen LogP) is 5.52. The molecule has 5 nitrogen and oxygen atoms in total. The summed E-state index contributed by atoms with van der Waals surface area (Å²) in [7, 11) is -3.96. The molecular formula is C27H20N2O3S. The van der Waals surface area contributed by atoms with E-state index in [0.29, 0.717) is 11.1 Å². The monoisotopic (exact) mass is 452 g/mol. The third kappa shape index (κ3) is 3.97. The standard InChI is InChI=1S/C27H20N2O3S/c1-18-13-15-20(16-14-18)33(31,32)29-25-17-26(27(30)23-11-5-4-10-22(23)25)28-24-12-6-8-19-7-2-3-9-21(19)24/h2-17,28H,1H3. The third-order valence-corrected chi connectivity index (χ3v) is 6.87. The van der Waals surface area contributed by atoms with Gasteiger partial charge in [-0.2, -0.15) is 12.8 Å². The Labute approximate surface area is 192 Å². The number of benzene rings is 4. The average molecular weight is 453 g/mol. The third-order valence-electron chi connectivity index (χ3n) is 5.57. The van der Waals surface area contributed by atoms with Gasteiger partial charge in [0, 0.05) is 22.2 Å². The molecule has 0 atom stereocenters. The number of carbonyl (C=O) groups excluding carboxylic acids is 1. The first kappa shape index (κ1) is 20.8. The van der Waals surface area contributed by atoms with Crippen molar-refractivity contribution in [1.29, 1.82) is 0 Å². The van der Waals surface area contributed by atoms with Gasteiger partial charge in [0.15, 0.2) is 0 Å². The zero-order chi connectivity index (χ0) is 23.0. The van der Waals surface area contributed by atoms with Crippen LogP contribution in [0.15, 0.2) is 112 Å². The highest BCUT2D eigenvalue weighted by molar-refractivity contribution is 7.90. The van der Waals surface area contributed by atoms with Gasteiger partial charge < -0.3 is 5.32 Å². The van der Waals surface area contributed by atoms with Crippen LogP contribution in [-0.4, -0.2) is 19.9 Å². The summed E-state index contributed by atoms with van der Waals surface area (Å²) >= 11 is 0. The van der Waals surface area contributed by atoms with Gasteiger partial charge in [0.2, 0.25) is 5.78 Å². The Morgan fingerprint density at radius 3 is 2.21 bits per heavy atom. The van der Waals surface area contributed by atoms with Crippen molar-refractivity contribution >= 4 is 38.0 Å². The molecule has 1 aliphatic rings. The molecule has 0 radical (unpaired) electrons. The van der Waals surface area contributed by atoms with E-state index in [9.17, 15) is 13.2 Å². The molecular weight excluding hydrogens is 432 g/mol. The van der Waals surface area contributed by atoms with Crippen molar-refractivity contribution in [2.75, 3.05) is 5.32 Å². The SMILES string of the molecule is Cc1ccc(S(=O)(=O)N=C2C=C(Nc3cccc4ccccc34)C(=O)c3ccccc32)cc1. The molecule has 6 heteroatoms. The largest absolute Gasteiger partial charge is 0.352 e. The second-order valence-electron chi connectivity index (χ2n) is 7.85. The van der Waals surface area contributed by atoms with Crippen LogP contribution in [0, 0.1) is 6.92 Å². The maximum atomic E-state index is 13.2. The Morgan fingerprint density at radius 2 is 1.42 bits per heavy atom. The second kappa shape index (κ2) is 8.15. The van der Waals surface area contributed by atoms with Gasteiger partial charge in [-0.25, -0.2) is 0 Å². The smallest absolute Gasteiger partial charge is 0.282 e. The van der Waals surface area contributed by atoms with Crippen molar-refractivity contribution < 1.29 is 13.2 Å². The molecule has 0 saturated heterocycles. The van der Waals surface area contributed by atoms with Gasteiger partial charge in [-0.3, -0.25) is 4.79 Å². The molecule has 0 aromatic heterocycles. The number of ketones is 1. The maximum Gasteiger partial charge on any atom is 0.282 e. The summed E-state index contributed by atoms with van der Waals surface area (Å²) in [6.07, 6.45) is 1.51. The second-order valence-corrected chi connectivity index (χ2v) is 9.45. The molecule has 5 rings (SSSR count). The number of rotatable bonds is 4. The van der Waals surface area contributed by atoms with Crippen molar-refractivity contribution in [3.8, 4) is 0 Å². The van der Waals surface area contributed by atoms with Crippen molar-refractivity contribution in [2.45, 2.75) is 11.8 Å². The topological polar surface area (TPSA) is 75.6 Å². The molecule has 0 aliphatic heterocycles. The lowest BCUT2D eigenvalue weighted by atomic mass is 9.92. The first-order valence-corrected chi connectivity index (χ1v) is 11.9. The van der Waals surface area contributed by atoms with Crippen LogP contribution in [-0.2, 0) is 10.0 Å². The number of fused-ring (bicyclic) bond motifs is 2. The molecule has 33 heavy (non-hydrogen) atoms. The molecule has 4 aromatic carbocycles. The van der Waals surface area contributed by atoms with E-state index in [1.807, 2.05) is 49.4 Å². The number of anilines is 1. The van der Waals surface area contributed by atoms with E-state index in [1.165, 1.54) is 18.2 Å². The highest BCUT2D eigenvalue weighted by Gasteiger charge is 2.26. The Morgan fingerprint density at radius 1 is 0.758 bits per heavy atom. The first-order valence-electron chi connectivity index (χ1n) is 10.4. The summed E-state index contributed by atoms with van der Waals surface area (Å²) in [5, 5.41) is 5.20. The molecule has 0 saturated carbocycles. The molecule has 162 valence electrons. The highest BCUT2D eigenvalue weighted by atomic mass is 32.2. The summed E-state index contributed by atoms with van der Waals surface area (Å²) in [5.74, 6) is -0.217. The number of allylic oxidation sites excluding steroid dienone is 2. The lowest BCUT2D eigenvalue weighted by Gasteiger charge is -2.19. The minimum atomic E-state index is -3.96. The number of Topliss-reactive ketones (excluding diaryl/α,β-unsaturated/α-hetero) is 1. The summed E-state index contributed by atoms with van der Waals surface area (Å²) in [6.45, 7) is 1.89. The van der Waals surface area contributed by atoms with Crippen LogP contribution in [0.4, 0.5) is 5.69 Å². The lowest BCUT2D eigenvalue weighted by molar-refractivity contribution is 0.103. The van der Waals surface area contributed by atoms with Crippen LogP contribution in [0.2, 0.25) is 0 Å². The Bertz CT molecular complexity index is 1560. The number of hydrogen-bond donors (Lipinski definition) is 1. The molecule has 0 bridgehead atoms. The molecule has 0 unspecified atom stereocenters. The zero-order valence-electron chi connectivity index (χ0n) is 17.8. The molecule has 0 fully saturated rings. The fourth-order valence-corrected chi connectivity index (χ4v) is 4.87. The lowest BCUT2D eigenvalue weighted by Crippen LogP contribution is -2.22. The Hall–Kier alpha value is -4.03. The van der Waals surface area contributed by atoms with E-state index in [4.69, 9.17) is 0 Å². The number of nitrogens with one attached hydrogen (secondary N) is 1. The number of nitrogens with zero attached hydrogens (tertiary/aromatic N) is 1. The minimum absolute atomic E-state index is 0.104. The summed E-state index contributed by atoms with van der Waals surface area (Å²) in [4.78, 5) is 13.3. The van der Waals surface area contributed by atoms with Gasteiger partial charge >= 0.3 is 0 Å². The summed E-state index contributed by atoms with van der Waals surface area (Å²) < 4.78 is 30.2. The van der Waals surface area contributed by atoms with Crippen LogP contribution in [0.1, 0.15) is 21.5 Å². The minimum Gasteiger partial charge on any atom is -0.352 e. The molecule has 4 aromatic rings. The molecule has 0 amide bonds. The number of carbonyl (C=O) groups is 1. The van der Waals surface area contributed by atoms with Gasteiger partial charge in [-0.15, -0.1) is 0 Å². The van der Waals surface area contributed by atoms with Crippen LogP contribution >= 0.6 is 0 Å². The van der Waals surface area contributed by atoms with E-state index in [-0.39, 0.29) is 22.1 Å². The predicted molar refractivity (Wildman–Crippen MR) is 131 cm³/mol. The molecule has 0 spiro atoms. The highest BCUT2D eigenvalue weighted by Crippen LogP contribution is 2.28. The van der Waals surface area contributed by atoms with Crippen molar-refractivity contribution in [2.24, 2.45) is 4.40 Å². The zero-order valence-corrected chi connectivity index (χ0v) is 18.6. The van der Waals surface area contributed by atoms with E-state index >= 15 is 0 Å². The van der Waals surface area contributed by atoms with Crippen LogP contribution in [0.3, 0.4) is 0 Å². The van der Waals surface area contributed by atoms with Crippen LogP contribution < -0.4 is 5.32 Å². The normalized spacial score (nSPS) is 14.8. The van der Waals surface area contributed by atoms with Crippen molar-refractivity contribution in [3.05, 3.63) is 119 Å². The summed E-state index contributed by atoms with van der Waals surface area (Å²) in [5.41, 5.74) is 3.09. The Kier molecular flexibility index (Phi) is 5.15. The fraction of sp³-hybridized carbons (Fsp3) is 0.0370.